The third kappa shape index (κ3) is 3.96. The molecular weight excluding hydrogens is 335 g/mol. The fourth-order valence-corrected chi connectivity index (χ4v) is 2.48. The van der Waals surface area contributed by atoms with E-state index >= 15 is 0 Å². The first-order valence-corrected chi connectivity index (χ1v) is 7.18. The van der Waals surface area contributed by atoms with Crippen molar-refractivity contribution in [3.63, 3.8) is 0 Å². The molecule has 1 aromatic heterocycles. The SMILES string of the molecule is Cn1cc(C(=O)NCCc2ccc(Cl)cc2Cl)c(C(F)F)n1. The fraction of sp³-hybridized carbons (Fsp3) is 0.286. The number of halogens is 4. The molecule has 1 amide bonds. The van der Waals surface area contributed by atoms with E-state index in [1.54, 1.807) is 18.2 Å². The van der Waals surface area contributed by atoms with E-state index in [0.717, 1.165) is 5.56 Å². The molecule has 0 bridgehead atoms. The van der Waals surface area contributed by atoms with Gasteiger partial charge in [-0.1, -0.05) is 29.3 Å². The maximum Gasteiger partial charge on any atom is 0.282 e. The minimum absolute atomic E-state index is 0.125. The molecule has 2 rings (SSSR count). The fourth-order valence-electron chi connectivity index (χ4n) is 1.97. The van der Waals surface area contributed by atoms with Crippen molar-refractivity contribution in [1.82, 2.24) is 15.1 Å². The Morgan fingerprint density at radius 1 is 1.41 bits per heavy atom. The van der Waals surface area contributed by atoms with Gasteiger partial charge in [0.1, 0.15) is 5.69 Å². The van der Waals surface area contributed by atoms with E-state index in [9.17, 15) is 13.6 Å². The van der Waals surface area contributed by atoms with Crippen LogP contribution in [-0.4, -0.2) is 22.2 Å². The number of nitrogens with zero attached hydrogens (tertiary/aromatic N) is 2. The van der Waals surface area contributed by atoms with Gasteiger partial charge in [-0.25, -0.2) is 8.78 Å². The Kier molecular flexibility index (Phi) is 5.37. The standard InChI is InChI=1S/C14H13Cl2F2N3O/c1-21-7-10(12(20-21)13(17)18)14(22)19-5-4-8-2-3-9(15)6-11(8)16/h2-3,6-7,13H,4-5H2,1H3,(H,19,22). The van der Waals surface area contributed by atoms with Gasteiger partial charge in [-0.15, -0.1) is 0 Å². The molecule has 0 unspecified atom stereocenters. The lowest BCUT2D eigenvalue weighted by atomic mass is 10.1. The highest BCUT2D eigenvalue weighted by Gasteiger charge is 2.22. The van der Waals surface area contributed by atoms with Crippen LogP contribution >= 0.6 is 23.2 Å². The third-order valence-electron chi connectivity index (χ3n) is 3.00. The molecule has 0 aliphatic heterocycles. The summed E-state index contributed by atoms with van der Waals surface area (Å²) < 4.78 is 26.8. The number of hydrogen-bond acceptors (Lipinski definition) is 2. The maximum absolute atomic E-state index is 12.8. The molecule has 0 saturated heterocycles. The van der Waals surface area contributed by atoms with E-state index in [-0.39, 0.29) is 12.1 Å². The van der Waals surface area contributed by atoms with Crippen molar-refractivity contribution < 1.29 is 13.6 Å². The van der Waals surface area contributed by atoms with Crippen LogP contribution in [-0.2, 0) is 13.5 Å². The van der Waals surface area contributed by atoms with Crippen molar-refractivity contribution in [2.45, 2.75) is 12.8 Å². The summed E-state index contributed by atoms with van der Waals surface area (Å²) >= 11 is 11.8. The number of amides is 1. The molecule has 22 heavy (non-hydrogen) atoms. The number of aryl methyl sites for hydroxylation is 1. The summed E-state index contributed by atoms with van der Waals surface area (Å²) in [5.74, 6) is -0.589. The highest BCUT2D eigenvalue weighted by molar-refractivity contribution is 6.35. The van der Waals surface area contributed by atoms with Crippen LogP contribution in [0.1, 0.15) is 28.0 Å². The van der Waals surface area contributed by atoms with Crippen molar-refractivity contribution in [3.8, 4) is 0 Å². The molecule has 0 aliphatic carbocycles. The van der Waals surface area contributed by atoms with Crippen LogP contribution < -0.4 is 5.32 Å². The second-order valence-corrected chi connectivity index (χ2v) is 5.49. The molecule has 1 aromatic carbocycles. The molecule has 0 fully saturated rings. The van der Waals surface area contributed by atoms with Gasteiger partial charge in [0.05, 0.1) is 5.56 Å². The van der Waals surface area contributed by atoms with Gasteiger partial charge in [0, 0.05) is 29.8 Å². The lowest BCUT2D eigenvalue weighted by molar-refractivity contribution is 0.0939. The van der Waals surface area contributed by atoms with E-state index < -0.39 is 18.0 Å². The Bertz CT molecular complexity index is 689. The molecule has 0 radical (unpaired) electrons. The number of alkyl halides is 2. The predicted molar refractivity (Wildman–Crippen MR) is 80.7 cm³/mol. The number of benzene rings is 1. The number of hydrogen-bond donors (Lipinski definition) is 1. The third-order valence-corrected chi connectivity index (χ3v) is 3.59. The molecule has 0 saturated carbocycles. The van der Waals surface area contributed by atoms with Crippen LogP contribution in [0.2, 0.25) is 10.0 Å². The number of nitrogens with one attached hydrogen (secondary N) is 1. The van der Waals surface area contributed by atoms with Gasteiger partial charge in [-0.3, -0.25) is 9.48 Å². The Hall–Kier alpha value is -1.66. The second-order valence-electron chi connectivity index (χ2n) is 4.64. The van der Waals surface area contributed by atoms with Gasteiger partial charge in [0.2, 0.25) is 0 Å². The Balaban J connectivity index is 1.98. The van der Waals surface area contributed by atoms with E-state index in [1.807, 2.05) is 0 Å². The molecule has 0 atom stereocenters. The smallest absolute Gasteiger partial charge is 0.282 e. The minimum atomic E-state index is -2.80. The van der Waals surface area contributed by atoms with Gasteiger partial charge in [-0.2, -0.15) is 5.10 Å². The summed E-state index contributed by atoms with van der Waals surface area (Å²) in [6, 6.07) is 5.06. The molecule has 1 heterocycles. The first-order valence-electron chi connectivity index (χ1n) is 6.42. The van der Waals surface area contributed by atoms with Crippen molar-refractivity contribution in [2.24, 2.45) is 7.05 Å². The van der Waals surface area contributed by atoms with Crippen LogP contribution in [0.15, 0.2) is 24.4 Å². The van der Waals surface area contributed by atoms with Crippen molar-refractivity contribution in [3.05, 3.63) is 51.3 Å². The zero-order valence-corrected chi connectivity index (χ0v) is 13.1. The Labute approximate surface area is 136 Å². The van der Waals surface area contributed by atoms with Crippen LogP contribution in [0, 0.1) is 0 Å². The number of rotatable bonds is 5. The number of aromatic nitrogens is 2. The first-order chi connectivity index (χ1) is 10.4. The summed E-state index contributed by atoms with van der Waals surface area (Å²) in [5, 5.41) is 7.19. The quantitative estimate of drug-likeness (QED) is 0.897. The average molecular weight is 348 g/mol. The summed E-state index contributed by atoms with van der Waals surface area (Å²) in [7, 11) is 1.48. The number of carbonyl (C=O) groups excluding carboxylic acids is 1. The Morgan fingerprint density at radius 3 is 2.77 bits per heavy atom. The topological polar surface area (TPSA) is 46.9 Å². The summed E-state index contributed by atoms with van der Waals surface area (Å²) in [6.45, 7) is 0.262. The van der Waals surface area contributed by atoms with E-state index in [1.165, 1.54) is 17.9 Å². The van der Waals surface area contributed by atoms with Crippen LogP contribution in [0.5, 0.6) is 0 Å². The van der Waals surface area contributed by atoms with Crippen molar-refractivity contribution >= 4 is 29.1 Å². The highest BCUT2D eigenvalue weighted by Crippen LogP contribution is 2.22. The van der Waals surface area contributed by atoms with Gasteiger partial charge in [0.15, 0.2) is 0 Å². The van der Waals surface area contributed by atoms with E-state index in [2.05, 4.69) is 10.4 Å². The lowest BCUT2D eigenvalue weighted by Gasteiger charge is -2.07. The highest BCUT2D eigenvalue weighted by atomic mass is 35.5. The molecular formula is C14H13Cl2F2N3O. The van der Waals surface area contributed by atoms with Crippen molar-refractivity contribution in [1.29, 1.82) is 0 Å². The zero-order chi connectivity index (χ0) is 16.3. The Morgan fingerprint density at radius 2 is 2.14 bits per heavy atom. The number of carbonyl (C=O) groups is 1. The summed E-state index contributed by atoms with van der Waals surface area (Å²) in [5.41, 5.74) is 0.163. The van der Waals surface area contributed by atoms with Gasteiger partial charge < -0.3 is 5.32 Å². The van der Waals surface area contributed by atoms with E-state index in [0.29, 0.717) is 16.5 Å². The predicted octanol–water partition coefficient (Wildman–Crippen LogP) is 3.64. The van der Waals surface area contributed by atoms with Crippen LogP contribution in [0.4, 0.5) is 8.78 Å². The van der Waals surface area contributed by atoms with Crippen LogP contribution in [0.3, 0.4) is 0 Å². The first kappa shape index (κ1) is 16.7. The molecule has 1 N–H and O–H groups in total. The maximum atomic E-state index is 12.8. The monoisotopic (exact) mass is 347 g/mol. The average Bonchev–Trinajstić information content (AvgIpc) is 2.83. The molecule has 118 valence electrons. The molecule has 0 aliphatic rings. The van der Waals surface area contributed by atoms with Crippen LogP contribution in [0.25, 0.3) is 0 Å². The van der Waals surface area contributed by atoms with Gasteiger partial charge in [0.25, 0.3) is 12.3 Å². The molecule has 2 aromatic rings. The molecule has 8 heteroatoms. The largest absolute Gasteiger partial charge is 0.352 e. The lowest BCUT2D eigenvalue weighted by Crippen LogP contribution is -2.26. The van der Waals surface area contributed by atoms with Crippen molar-refractivity contribution in [2.75, 3.05) is 6.54 Å². The van der Waals surface area contributed by atoms with E-state index in [4.69, 9.17) is 23.2 Å². The summed E-state index contributed by atoms with van der Waals surface area (Å²) in [4.78, 5) is 12.0. The van der Waals surface area contributed by atoms with Gasteiger partial charge >= 0.3 is 0 Å². The normalized spacial score (nSPS) is 11.0. The van der Waals surface area contributed by atoms with Gasteiger partial charge in [-0.05, 0) is 24.1 Å². The summed E-state index contributed by atoms with van der Waals surface area (Å²) in [6.07, 6.45) is -1.06. The molecule has 4 nitrogen and oxygen atoms in total. The second kappa shape index (κ2) is 7.07. The minimum Gasteiger partial charge on any atom is -0.352 e. The molecule has 0 spiro atoms. The zero-order valence-electron chi connectivity index (χ0n) is 11.6.